The summed E-state index contributed by atoms with van der Waals surface area (Å²) in [5.74, 6) is 0.179. The fraction of sp³-hybridized carbons (Fsp3) is 0.667. The minimum Gasteiger partial charge on any atom is -0.495 e. The van der Waals surface area contributed by atoms with Gasteiger partial charge < -0.3 is 10.1 Å². The number of hydrogen-bond donors (Lipinski definition) is 1. The lowest BCUT2D eigenvalue weighted by atomic mass is 9.98. The van der Waals surface area contributed by atoms with Crippen molar-refractivity contribution in [1.82, 2.24) is 9.62 Å². The van der Waals surface area contributed by atoms with Crippen molar-refractivity contribution in [3.8, 4) is 5.75 Å². The lowest BCUT2D eigenvalue weighted by molar-refractivity contribution is -0.126. The van der Waals surface area contributed by atoms with E-state index in [0.29, 0.717) is 25.1 Å². The molecule has 158 valence electrons. The first-order valence-electron chi connectivity index (χ1n) is 10.2. The topological polar surface area (TPSA) is 75.7 Å². The van der Waals surface area contributed by atoms with Crippen molar-refractivity contribution in [2.45, 2.75) is 70.2 Å². The van der Waals surface area contributed by atoms with Crippen LogP contribution in [0.3, 0.4) is 0 Å². The van der Waals surface area contributed by atoms with Crippen LogP contribution >= 0.6 is 0 Å². The van der Waals surface area contributed by atoms with Crippen molar-refractivity contribution in [2.75, 3.05) is 20.2 Å². The van der Waals surface area contributed by atoms with Gasteiger partial charge in [0.25, 0.3) is 0 Å². The fourth-order valence-corrected chi connectivity index (χ4v) is 5.35. The minimum absolute atomic E-state index is 0.0521. The van der Waals surface area contributed by atoms with E-state index in [1.807, 2.05) is 26.8 Å². The molecule has 2 rings (SSSR count). The first-order valence-corrected chi connectivity index (χ1v) is 11.6. The summed E-state index contributed by atoms with van der Waals surface area (Å²) in [5, 5.41) is 3.02. The molecule has 28 heavy (non-hydrogen) atoms. The molecule has 0 spiro atoms. The molecule has 1 amide bonds. The third-order valence-corrected chi connectivity index (χ3v) is 7.22. The van der Waals surface area contributed by atoms with Gasteiger partial charge in [0.15, 0.2) is 0 Å². The standard InChI is InChI=1S/C21H34N2O4S/c1-6-8-16(4)22-21(24)18-9-7-12-23(14-18)28(25,26)20-13-17(15(2)3)10-11-19(20)27-5/h10-11,13,15-16,18H,6-9,12,14H2,1-5H3,(H,22,24)/t16-,18-/m1/s1. The Morgan fingerprint density at radius 1 is 1.32 bits per heavy atom. The second kappa shape index (κ2) is 9.74. The van der Waals surface area contributed by atoms with Gasteiger partial charge in [0.1, 0.15) is 10.6 Å². The van der Waals surface area contributed by atoms with Crippen molar-refractivity contribution in [1.29, 1.82) is 0 Å². The first kappa shape index (κ1) is 22.7. The van der Waals surface area contributed by atoms with E-state index in [2.05, 4.69) is 12.2 Å². The molecular weight excluding hydrogens is 376 g/mol. The number of carbonyl (C=O) groups excluding carboxylic acids is 1. The molecule has 0 bridgehead atoms. The highest BCUT2D eigenvalue weighted by molar-refractivity contribution is 7.89. The van der Waals surface area contributed by atoms with Gasteiger partial charge in [-0.05, 0) is 49.8 Å². The predicted octanol–water partition coefficient (Wildman–Crippen LogP) is 3.52. The molecule has 0 saturated carbocycles. The van der Waals surface area contributed by atoms with Crippen LogP contribution in [0.5, 0.6) is 5.75 Å². The SMILES string of the molecule is CCC[C@@H](C)NC(=O)[C@@H]1CCCN(S(=O)(=O)c2cc(C(C)C)ccc2OC)C1. The Morgan fingerprint density at radius 3 is 2.64 bits per heavy atom. The van der Waals surface area contributed by atoms with Gasteiger partial charge in [-0.3, -0.25) is 4.79 Å². The maximum Gasteiger partial charge on any atom is 0.246 e. The zero-order chi connectivity index (χ0) is 20.9. The predicted molar refractivity (Wildman–Crippen MR) is 111 cm³/mol. The smallest absolute Gasteiger partial charge is 0.246 e. The van der Waals surface area contributed by atoms with E-state index in [-0.39, 0.29) is 35.2 Å². The average molecular weight is 411 g/mol. The normalized spacial score (nSPS) is 19.4. The van der Waals surface area contributed by atoms with Crippen molar-refractivity contribution in [3.05, 3.63) is 23.8 Å². The third kappa shape index (κ3) is 5.26. The Balaban J connectivity index is 2.24. The second-order valence-corrected chi connectivity index (χ2v) is 9.87. The molecule has 0 radical (unpaired) electrons. The monoisotopic (exact) mass is 410 g/mol. The molecular formula is C21H34N2O4S. The van der Waals surface area contributed by atoms with Crippen LogP contribution in [0.15, 0.2) is 23.1 Å². The lowest BCUT2D eigenvalue weighted by Crippen LogP contribution is -2.47. The van der Waals surface area contributed by atoms with E-state index < -0.39 is 10.0 Å². The van der Waals surface area contributed by atoms with Gasteiger partial charge in [-0.1, -0.05) is 33.3 Å². The van der Waals surface area contributed by atoms with Crippen molar-refractivity contribution >= 4 is 15.9 Å². The minimum atomic E-state index is -3.74. The molecule has 1 fully saturated rings. The number of carbonyl (C=O) groups is 1. The van der Waals surface area contributed by atoms with Crippen LogP contribution in [0.2, 0.25) is 0 Å². The van der Waals surface area contributed by atoms with E-state index in [4.69, 9.17) is 4.74 Å². The molecule has 1 saturated heterocycles. The zero-order valence-corrected chi connectivity index (χ0v) is 18.5. The van der Waals surface area contributed by atoms with E-state index in [1.165, 1.54) is 11.4 Å². The third-order valence-electron chi connectivity index (χ3n) is 5.34. The van der Waals surface area contributed by atoms with E-state index >= 15 is 0 Å². The zero-order valence-electron chi connectivity index (χ0n) is 17.7. The van der Waals surface area contributed by atoms with Gasteiger partial charge in [-0.2, -0.15) is 4.31 Å². The van der Waals surface area contributed by atoms with Crippen LogP contribution in [0, 0.1) is 5.92 Å². The van der Waals surface area contributed by atoms with Crippen LogP contribution < -0.4 is 10.1 Å². The van der Waals surface area contributed by atoms with Crippen LogP contribution in [0.1, 0.15) is 64.9 Å². The molecule has 1 aliphatic rings. The van der Waals surface area contributed by atoms with Crippen molar-refractivity contribution in [3.63, 3.8) is 0 Å². The largest absolute Gasteiger partial charge is 0.495 e. The van der Waals surface area contributed by atoms with E-state index in [1.54, 1.807) is 12.1 Å². The van der Waals surface area contributed by atoms with Gasteiger partial charge in [0.2, 0.25) is 15.9 Å². The summed E-state index contributed by atoms with van der Waals surface area (Å²) in [6.07, 6.45) is 3.30. The van der Waals surface area contributed by atoms with Gasteiger partial charge in [-0.25, -0.2) is 8.42 Å². The maximum atomic E-state index is 13.3. The summed E-state index contributed by atoms with van der Waals surface area (Å²) in [6.45, 7) is 8.75. The Morgan fingerprint density at radius 2 is 2.04 bits per heavy atom. The maximum absolute atomic E-state index is 13.3. The lowest BCUT2D eigenvalue weighted by Gasteiger charge is -2.32. The number of sulfonamides is 1. The quantitative estimate of drug-likeness (QED) is 0.711. The summed E-state index contributed by atoms with van der Waals surface area (Å²) >= 11 is 0. The van der Waals surface area contributed by atoms with Gasteiger partial charge >= 0.3 is 0 Å². The van der Waals surface area contributed by atoms with E-state index in [0.717, 1.165) is 18.4 Å². The number of methoxy groups -OCH3 is 1. The van der Waals surface area contributed by atoms with Gasteiger partial charge in [0, 0.05) is 19.1 Å². The van der Waals surface area contributed by atoms with Gasteiger partial charge in [0.05, 0.1) is 13.0 Å². The number of piperidine rings is 1. The number of amides is 1. The average Bonchev–Trinajstić information content (AvgIpc) is 2.67. The highest BCUT2D eigenvalue weighted by Gasteiger charge is 2.35. The Kier molecular flexibility index (Phi) is 7.89. The summed E-state index contributed by atoms with van der Waals surface area (Å²) in [4.78, 5) is 12.8. The van der Waals surface area contributed by atoms with Crippen LogP contribution in [0.4, 0.5) is 0 Å². The number of benzene rings is 1. The number of ether oxygens (including phenoxy) is 1. The molecule has 1 N–H and O–H groups in total. The van der Waals surface area contributed by atoms with Crippen molar-refractivity contribution < 1.29 is 17.9 Å². The summed E-state index contributed by atoms with van der Waals surface area (Å²) in [6, 6.07) is 5.41. The molecule has 6 nitrogen and oxygen atoms in total. The van der Waals surface area contributed by atoms with E-state index in [9.17, 15) is 13.2 Å². The Labute approximate surface area is 169 Å². The molecule has 1 aliphatic heterocycles. The van der Waals surface area contributed by atoms with Crippen molar-refractivity contribution in [2.24, 2.45) is 5.92 Å². The Bertz CT molecular complexity index is 777. The number of nitrogens with zero attached hydrogens (tertiary/aromatic N) is 1. The Hall–Kier alpha value is -1.60. The summed E-state index contributed by atoms with van der Waals surface area (Å²) in [7, 11) is -2.26. The van der Waals surface area contributed by atoms with Crippen LogP contribution in [-0.2, 0) is 14.8 Å². The molecule has 0 aromatic heterocycles. The number of hydrogen-bond acceptors (Lipinski definition) is 4. The summed E-state index contributed by atoms with van der Waals surface area (Å²) in [5.41, 5.74) is 0.944. The molecule has 1 heterocycles. The molecule has 0 aliphatic carbocycles. The highest BCUT2D eigenvalue weighted by atomic mass is 32.2. The highest BCUT2D eigenvalue weighted by Crippen LogP contribution is 2.32. The molecule has 1 aromatic rings. The first-order chi connectivity index (χ1) is 13.2. The van der Waals surface area contributed by atoms with Crippen LogP contribution in [-0.4, -0.2) is 44.9 Å². The van der Waals surface area contributed by atoms with Gasteiger partial charge in [-0.15, -0.1) is 0 Å². The molecule has 7 heteroatoms. The molecule has 2 atom stereocenters. The number of rotatable bonds is 8. The molecule has 1 aromatic carbocycles. The summed E-state index contributed by atoms with van der Waals surface area (Å²) < 4.78 is 33.5. The number of nitrogens with one attached hydrogen (secondary N) is 1. The van der Waals surface area contributed by atoms with Crippen LogP contribution in [0.25, 0.3) is 0 Å². The second-order valence-electron chi connectivity index (χ2n) is 7.97. The molecule has 0 unspecified atom stereocenters. The fourth-order valence-electron chi connectivity index (χ4n) is 3.63.